The van der Waals surface area contributed by atoms with Crippen LogP contribution in [0.25, 0.3) is 54.4 Å². The summed E-state index contributed by atoms with van der Waals surface area (Å²) in [5.74, 6) is -3.66. The number of hydrogen-bond donors (Lipinski definition) is 4. The second-order valence-electron chi connectivity index (χ2n) is 21.5. The Labute approximate surface area is 473 Å². The standard InChI is InChI=1S/C57H52ClF4N11O8S/c1-5-57(78)36-15-42-46-34(22-73(42)52(75)35(36)23-79-53(57)76)32(18-63)30-14-41(39(61)16-40(30)66-46)67-55(77)81-27(4)26(3)51(74)70-11-12-72(25(2)20-70)50-31-13-37(58)44(29-7-8-38(60)48-43(29)33(19-64)49(65)82-48)45(62)47(31)68-54(69-50)80-24-56-9-6-10-71(56)21-28(59)17-56/h7-8,13-16,25,27-28,78H,3,5-6,9-12,17-18,20-24,63,65H2,1-2,4H3,(H,67,77)/t25-,27+,28+,56-,57-/m0/s1. The molecule has 2 amide bonds. The number of nitriles is 1. The van der Waals surface area contributed by atoms with E-state index in [2.05, 4.69) is 21.8 Å². The Morgan fingerprint density at radius 3 is 2.62 bits per heavy atom. The minimum Gasteiger partial charge on any atom is -0.461 e. The number of carbonyl (C=O) groups excluding carboxylic acids is 3. The molecule has 4 aromatic heterocycles. The molecule has 3 fully saturated rings. The quantitative estimate of drug-likeness (QED) is 0.0542. The number of thiophene rings is 1. The van der Waals surface area contributed by atoms with E-state index < -0.39 is 70.4 Å². The Morgan fingerprint density at radius 1 is 1.09 bits per heavy atom. The minimum absolute atomic E-state index is 0.0275. The van der Waals surface area contributed by atoms with Crippen molar-refractivity contribution in [1.29, 1.82) is 5.26 Å². The number of rotatable bonds is 11. The fourth-order valence-corrected chi connectivity index (χ4v) is 13.8. The van der Waals surface area contributed by atoms with Crippen molar-refractivity contribution in [2.75, 3.05) is 55.3 Å². The number of fused-ring (bicyclic) bond motifs is 8. The molecule has 12 rings (SSSR count). The summed E-state index contributed by atoms with van der Waals surface area (Å²) in [6, 6.07) is 9.22. The summed E-state index contributed by atoms with van der Waals surface area (Å²) in [7, 11) is 0. The number of nitrogens with zero attached hydrogens (tertiary/aromatic N) is 8. The molecule has 0 saturated carbocycles. The van der Waals surface area contributed by atoms with Gasteiger partial charge in [0.2, 0.25) is 0 Å². The molecular weight excluding hydrogens is 1110 g/mol. The first-order chi connectivity index (χ1) is 39.2. The van der Waals surface area contributed by atoms with Crippen LogP contribution in [0, 0.1) is 28.8 Å². The fourth-order valence-electron chi connectivity index (χ4n) is 12.6. The molecule has 0 aliphatic carbocycles. The number of nitrogens with two attached hydrogens (primary N) is 2. The van der Waals surface area contributed by atoms with Crippen LogP contribution in [0.1, 0.15) is 74.3 Å². The largest absolute Gasteiger partial charge is 0.461 e. The number of ether oxygens (including phenoxy) is 3. The Hall–Kier alpha value is -7.95. The molecule has 3 saturated heterocycles. The summed E-state index contributed by atoms with van der Waals surface area (Å²) in [5, 5.41) is 24.3. The number of piperazine rings is 1. The average Bonchev–Trinajstić information content (AvgIpc) is 4.03. The van der Waals surface area contributed by atoms with Crippen molar-refractivity contribution in [3.63, 3.8) is 0 Å². The normalized spacial score (nSPS) is 21.5. The molecule has 424 valence electrons. The lowest BCUT2D eigenvalue weighted by atomic mass is 9.86. The van der Waals surface area contributed by atoms with Gasteiger partial charge in [-0.15, -0.1) is 11.3 Å². The van der Waals surface area contributed by atoms with E-state index in [0.717, 1.165) is 29.9 Å². The number of hydrogen-bond acceptors (Lipinski definition) is 17. The first kappa shape index (κ1) is 54.6. The van der Waals surface area contributed by atoms with E-state index in [4.69, 9.17) is 47.2 Å². The summed E-state index contributed by atoms with van der Waals surface area (Å²) < 4.78 is 82.0. The van der Waals surface area contributed by atoms with Gasteiger partial charge in [0.15, 0.2) is 11.4 Å². The monoisotopic (exact) mass is 1160 g/mol. The van der Waals surface area contributed by atoms with Crippen molar-refractivity contribution in [3.8, 4) is 34.6 Å². The van der Waals surface area contributed by atoms with E-state index in [0.29, 0.717) is 40.9 Å². The van der Waals surface area contributed by atoms with Crippen molar-refractivity contribution in [3.05, 3.63) is 109 Å². The first-order valence-electron chi connectivity index (χ1n) is 26.6. The number of aromatic nitrogens is 4. The zero-order chi connectivity index (χ0) is 58.0. The van der Waals surface area contributed by atoms with E-state index >= 15 is 13.2 Å². The van der Waals surface area contributed by atoms with Gasteiger partial charge in [-0.3, -0.25) is 19.8 Å². The molecule has 0 radical (unpaired) electrons. The van der Waals surface area contributed by atoms with E-state index in [1.807, 2.05) is 17.9 Å². The number of benzene rings is 3. The molecule has 19 nitrogen and oxygen atoms in total. The summed E-state index contributed by atoms with van der Waals surface area (Å²) in [6.45, 7) is 9.73. The van der Waals surface area contributed by atoms with Crippen LogP contribution in [0.4, 0.5) is 38.9 Å². The predicted molar refractivity (Wildman–Crippen MR) is 297 cm³/mol. The molecule has 82 heavy (non-hydrogen) atoms. The molecule has 9 heterocycles. The Morgan fingerprint density at radius 2 is 1.88 bits per heavy atom. The molecule has 7 aromatic rings. The zero-order valence-corrected chi connectivity index (χ0v) is 46.0. The number of aliphatic hydroxyl groups is 1. The number of carbonyl (C=O) groups is 3. The molecule has 0 unspecified atom stereocenters. The van der Waals surface area contributed by atoms with Gasteiger partial charge in [0.1, 0.15) is 59.5 Å². The number of cyclic esters (lactones) is 1. The van der Waals surface area contributed by atoms with Crippen LogP contribution in [-0.2, 0) is 44.4 Å². The van der Waals surface area contributed by atoms with Gasteiger partial charge in [-0.05, 0) is 75.0 Å². The Bertz CT molecular complexity index is 4080. The van der Waals surface area contributed by atoms with Gasteiger partial charge in [-0.2, -0.15) is 15.2 Å². The Balaban J connectivity index is 0.777. The molecule has 25 heteroatoms. The summed E-state index contributed by atoms with van der Waals surface area (Å²) in [6.07, 6.45) is -1.65. The van der Waals surface area contributed by atoms with Gasteiger partial charge in [-0.1, -0.05) is 31.2 Å². The first-order valence-corrected chi connectivity index (χ1v) is 27.8. The van der Waals surface area contributed by atoms with Gasteiger partial charge < -0.3 is 45.2 Å². The van der Waals surface area contributed by atoms with E-state index in [9.17, 15) is 33.9 Å². The molecule has 5 atom stereocenters. The smallest absolute Gasteiger partial charge is 0.412 e. The highest BCUT2D eigenvalue weighted by Gasteiger charge is 2.50. The fraction of sp³-hybridized carbons (Fsp3) is 0.368. The van der Waals surface area contributed by atoms with Crippen LogP contribution >= 0.6 is 22.9 Å². The van der Waals surface area contributed by atoms with E-state index in [-0.39, 0.29) is 153 Å². The topological polar surface area (TPSA) is 257 Å². The van der Waals surface area contributed by atoms with Crippen molar-refractivity contribution in [2.45, 2.75) is 95.6 Å². The van der Waals surface area contributed by atoms with Crippen molar-refractivity contribution < 1.29 is 51.3 Å². The third kappa shape index (κ3) is 8.57. The second kappa shape index (κ2) is 20.2. The second-order valence-corrected chi connectivity index (χ2v) is 22.9. The average molecular weight is 1160 g/mol. The SMILES string of the molecule is C=C(C(=O)N1CCN(c2nc(OC[C@@]34CCCN3C[C@H](F)C4)nc3c(F)c(-c4ccc(F)c5sc(N)c(C#N)c45)c(Cl)cc23)[C@@H](C)C1)[C@@H](C)OC(=O)Nc1cc2c(CN)c3c(nc2cc1F)-c1cc2c(c(=O)n1C3)COC(=O)[C@]2(O)CC. The third-order valence-electron chi connectivity index (χ3n) is 16.8. The van der Waals surface area contributed by atoms with Gasteiger partial charge in [0.25, 0.3) is 11.5 Å². The van der Waals surface area contributed by atoms with Crippen LogP contribution in [-0.4, -0.2) is 116 Å². The lowest BCUT2D eigenvalue weighted by molar-refractivity contribution is -0.172. The van der Waals surface area contributed by atoms with Crippen molar-refractivity contribution in [2.24, 2.45) is 5.73 Å². The molecule has 0 spiro atoms. The van der Waals surface area contributed by atoms with Crippen molar-refractivity contribution >= 4 is 89.3 Å². The van der Waals surface area contributed by atoms with Crippen LogP contribution in [0.15, 0.2) is 53.3 Å². The highest BCUT2D eigenvalue weighted by molar-refractivity contribution is 7.23. The summed E-state index contributed by atoms with van der Waals surface area (Å²) in [4.78, 5) is 73.6. The minimum atomic E-state index is -2.05. The maximum atomic E-state index is 17.5. The zero-order valence-electron chi connectivity index (χ0n) is 44.4. The van der Waals surface area contributed by atoms with Gasteiger partial charge in [0.05, 0.1) is 61.1 Å². The Kier molecular flexibility index (Phi) is 13.5. The van der Waals surface area contributed by atoms with Gasteiger partial charge in [-0.25, -0.2) is 32.1 Å². The lowest BCUT2D eigenvalue weighted by Gasteiger charge is -2.41. The number of nitrogen functional groups attached to an aromatic ring is 1. The number of anilines is 3. The van der Waals surface area contributed by atoms with Gasteiger partial charge in [0, 0.05) is 84.1 Å². The number of halogens is 5. The molecular formula is C57H52ClF4N11O8S. The molecule has 6 N–H and O–H groups in total. The summed E-state index contributed by atoms with van der Waals surface area (Å²) >= 11 is 7.82. The predicted octanol–water partition coefficient (Wildman–Crippen LogP) is 8.07. The molecule has 0 bridgehead atoms. The summed E-state index contributed by atoms with van der Waals surface area (Å²) in [5.41, 5.74) is 10.7. The lowest BCUT2D eigenvalue weighted by Crippen LogP contribution is -2.54. The molecule has 3 aromatic carbocycles. The van der Waals surface area contributed by atoms with E-state index in [1.165, 1.54) is 40.7 Å². The number of pyridine rings is 2. The number of esters is 1. The molecule has 5 aliphatic rings. The maximum absolute atomic E-state index is 17.5. The van der Waals surface area contributed by atoms with Crippen LogP contribution in [0.3, 0.4) is 0 Å². The number of alkyl halides is 1. The number of nitrogens with one attached hydrogen (secondary N) is 1. The third-order valence-corrected chi connectivity index (χ3v) is 18.2. The highest BCUT2D eigenvalue weighted by Crippen LogP contribution is 2.47. The number of amides is 2. The van der Waals surface area contributed by atoms with Crippen molar-refractivity contribution in [1.82, 2.24) is 29.3 Å². The molecule has 5 aliphatic heterocycles. The van der Waals surface area contributed by atoms with Gasteiger partial charge >= 0.3 is 18.1 Å². The maximum Gasteiger partial charge on any atom is 0.412 e. The van der Waals surface area contributed by atoms with E-state index in [1.54, 1.807) is 6.92 Å². The van der Waals surface area contributed by atoms with Crippen LogP contribution in [0.5, 0.6) is 6.01 Å². The van der Waals surface area contributed by atoms with Crippen LogP contribution < -0.4 is 32.0 Å². The highest BCUT2D eigenvalue weighted by atomic mass is 35.5. The van der Waals surface area contributed by atoms with Crippen LogP contribution in [0.2, 0.25) is 5.02 Å².